The fourth-order valence-electron chi connectivity index (χ4n) is 1.50. The number of carbonyl (C=O) groups is 1. The van der Waals surface area contributed by atoms with Crippen LogP contribution in [0.1, 0.15) is 0 Å². The molecule has 0 atom stereocenters. The van der Waals surface area contributed by atoms with Crippen LogP contribution < -0.4 is 10.2 Å². The topological polar surface area (TPSA) is 44.7 Å². The van der Waals surface area contributed by atoms with Crippen molar-refractivity contribution in [1.29, 1.82) is 0 Å². The van der Waals surface area contributed by atoms with Crippen LogP contribution in [0.25, 0.3) is 0 Å². The standard InChI is InChI=1S/C12H15N3OS/c1-15(10-5-3-2-4-6-10)11(16)9-17-12-13-7-8-14-12/h2-6H,7-9H2,1H3,(H,13,14). The SMILES string of the molecule is CN(C(=O)CSC1=NCCN1)c1ccccc1. The van der Waals surface area contributed by atoms with E-state index < -0.39 is 0 Å². The molecule has 17 heavy (non-hydrogen) atoms. The van der Waals surface area contributed by atoms with E-state index in [1.165, 1.54) is 11.8 Å². The number of aliphatic imine (C=N–C) groups is 1. The summed E-state index contributed by atoms with van der Waals surface area (Å²) in [6, 6.07) is 9.64. The van der Waals surface area contributed by atoms with E-state index in [2.05, 4.69) is 10.3 Å². The molecule has 0 unspecified atom stereocenters. The molecule has 5 heteroatoms. The predicted octanol–water partition coefficient (Wildman–Crippen LogP) is 1.34. The van der Waals surface area contributed by atoms with Crippen LogP contribution in [0, 0.1) is 0 Å². The van der Waals surface area contributed by atoms with Crippen molar-refractivity contribution in [2.45, 2.75) is 0 Å². The summed E-state index contributed by atoms with van der Waals surface area (Å²) in [7, 11) is 1.79. The van der Waals surface area contributed by atoms with E-state index in [0.29, 0.717) is 5.75 Å². The van der Waals surface area contributed by atoms with Crippen LogP contribution in [0.2, 0.25) is 0 Å². The van der Waals surface area contributed by atoms with E-state index in [0.717, 1.165) is 23.9 Å². The molecule has 0 radical (unpaired) electrons. The van der Waals surface area contributed by atoms with E-state index in [4.69, 9.17) is 0 Å². The lowest BCUT2D eigenvalue weighted by Crippen LogP contribution is -2.29. The molecule has 0 bridgehead atoms. The number of nitrogens with zero attached hydrogens (tertiary/aromatic N) is 2. The molecule has 90 valence electrons. The van der Waals surface area contributed by atoms with Gasteiger partial charge in [0.15, 0.2) is 5.17 Å². The third-order valence-corrected chi connectivity index (χ3v) is 3.43. The summed E-state index contributed by atoms with van der Waals surface area (Å²) in [6.07, 6.45) is 0. The number of hydrogen-bond acceptors (Lipinski definition) is 4. The zero-order valence-electron chi connectivity index (χ0n) is 9.72. The van der Waals surface area contributed by atoms with Gasteiger partial charge in [0.05, 0.1) is 12.3 Å². The maximum atomic E-state index is 11.9. The molecule has 1 N–H and O–H groups in total. The Morgan fingerprint density at radius 1 is 1.47 bits per heavy atom. The number of para-hydroxylation sites is 1. The van der Waals surface area contributed by atoms with Crippen LogP contribution in [0.3, 0.4) is 0 Å². The van der Waals surface area contributed by atoms with Crippen molar-refractivity contribution in [3.05, 3.63) is 30.3 Å². The minimum Gasteiger partial charge on any atom is -0.363 e. The zero-order valence-corrected chi connectivity index (χ0v) is 10.5. The minimum atomic E-state index is 0.0811. The zero-order chi connectivity index (χ0) is 12.1. The van der Waals surface area contributed by atoms with Crippen LogP contribution in [0.15, 0.2) is 35.3 Å². The monoisotopic (exact) mass is 249 g/mol. The number of anilines is 1. The van der Waals surface area contributed by atoms with Crippen LogP contribution in [0.4, 0.5) is 5.69 Å². The Bertz CT molecular complexity index is 419. The van der Waals surface area contributed by atoms with Gasteiger partial charge in [-0.15, -0.1) is 0 Å². The molecule has 1 aliphatic rings. The van der Waals surface area contributed by atoms with Crippen LogP contribution in [-0.4, -0.2) is 37.0 Å². The summed E-state index contributed by atoms with van der Waals surface area (Å²) in [4.78, 5) is 17.8. The average Bonchev–Trinajstić information content (AvgIpc) is 2.89. The van der Waals surface area contributed by atoms with Crippen molar-refractivity contribution in [3.63, 3.8) is 0 Å². The molecule has 1 amide bonds. The molecule has 2 rings (SSSR count). The lowest BCUT2D eigenvalue weighted by atomic mass is 10.3. The Hall–Kier alpha value is -1.49. The first kappa shape index (κ1) is 12.0. The molecule has 0 aliphatic carbocycles. The van der Waals surface area contributed by atoms with E-state index in [-0.39, 0.29) is 5.91 Å². The van der Waals surface area contributed by atoms with Crippen molar-refractivity contribution in [2.75, 3.05) is 30.8 Å². The van der Waals surface area contributed by atoms with Crippen molar-refractivity contribution in [2.24, 2.45) is 4.99 Å². The number of hydrogen-bond donors (Lipinski definition) is 1. The highest BCUT2D eigenvalue weighted by Gasteiger charge is 2.13. The van der Waals surface area contributed by atoms with Crippen molar-refractivity contribution in [1.82, 2.24) is 5.32 Å². The summed E-state index contributed by atoms with van der Waals surface area (Å²) < 4.78 is 0. The molecule has 0 spiro atoms. The van der Waals surface area contributed by atoms with E-state index in [1.54, 1.807) is 11.9 Å². The van der Waals surface area contributed by atoms with E-state index in [1.807, 2.05) is 30.3 Å². The molecule has 0 saturated carbocycles. The number of benzene rings is 1. The molecule has 0 saturated heterocycles. The van der Waals surface area contributed by atoms with Gasteiger partial charge in [-0.3, -0.25) is 9.79 Å². The van der Waals surface area contributed by atoms with Gasteiger partial charge in [0.2, 0.25) is 5.91 Å². The molecular formula is C12H15N3OS. The molecule has 1 aliphatic heterocycles. The Labute approximate surface area is 105 Å². The average molecular weight is 249 g/mol. The smallest absolute Gasteiger partial charge is 0.237 e. The fourth-order valence-corrected chi connectivity index (χ4v) is 2.34. The first-order chi connectivity index (χ1) is 8.27. The molecule has 1 heterocycles. The first-order valence-corrected chi connectivity index (χ1v) is 6.48. The van der Waals surface area contributed by atoms with Crippen LogP contribution in [0.5, 0.6) is 0 Å². The number of amides is 1. The third kappa shape index (κ3) is 3.23. The number of carbonyl (C=O) groups excluding carboxylic acids is 1. The summed E-state index contributed by atoms with van der Waals surface area (Å²) in [5, 5.41) is 4.01. The molecule has 4 nitrogen and oxygen atoms in total. The quantitative estimate of drug-likeness (QED) is 0.879. The molecule has 0 aromatic heterocycles. The van der Waals surface area contributed by atoms with Gasteiger partial charge in [-0.1, -0.05) is 30.0 Å². The Kier molecular flexibility index (Phi) is 4.03. The van der Waals surface area contributed by atoms with Crippen LogP contribution in [-0.2, 0) is 4.79 Å². The second-order valence-corrected chi connectivity index (χ2v) is 4.65. The Balaban J connectivity index is 1.87. The summed E-state index contributed by atoms with van der Waals surface area (Å²) in [5.41, 5.74) is 0.916. The van der Waals surface area contributed by atoms with Gasteiger partial charge in [0.1, 0.15) is 0 Å². The van der Waals surface area contributed by atoms with Crippen molar-refractivity contribution < 1.29 is 4.79 Å². The number of amidine groups is 1. The molecule has 0 fully saturated rings. The van der Waals surface area contributed by atoms with Gasteiger partial charge in [0.25, 0.3) is 0 Å². The molecular weight excluding hydrogens is 234 g/mol. The largest absolute Gasteiger partial charge is 0.363 e. The third-order valence-electron chi connectivity index (χ3n) is 2.49. The number of thioether (sulfide) groups is 1. The lowest BCUT2D eigenvalue weighted by Gasteiger charge is -2.16. The normalized spacial score (nSPS) is 14.1. The summed E-state index contributed by atoms with van der Waals surface area (Å²) in [5.74, 6) is 0.495. The van der Waals surface area contributed by atoms with Gasteiger partial charge in [-0.2, -0.15) is 0 Å². The highest BCUT2D eigenvalue weighted by molar-refractivity contribution is 8.14. The second kappa shape index (κ2) is 5.72. The second-order valence-electron chi connectivity index (χ2n) is 3.69. The predicted molar refractivity (Wildman–Crippen MR) is 72.6 cm³/mol. The summed E-state index contributed by atoms with van der Waals surface area (Å²) in [6.45, 7) is 1.69. The lowest BCUT2D eigenvalue weighted by molar-refractivity contribution is -0.115. The number of rotatable bonds is 3. The van der Waals surface area contributed by atoms with Gasteiger partial charge in [0, 0.05) is 19.3 Å². The van der Waals surface area contributed by atoms with Gasteiger partial charge in [-0.25, -0.2) is 0 Å². The van der Waals surface area contributed by atoms with Gasteiger partial charge in [-0.05, 0) is 12.1 Å². The maximum Gasteiger partial charge on any atom is 0.237 e. The molecule has 1 aromatic carbocycles. The Morgan fingerprint density at radius 3 is 2.88 bits per heavy atom. The summed E-state index contributed by atoms with van der Waals surface area (Å²) >= 11 is 1.46. The van der Waals surface area contributed by atoms with Gasteiger partial charge >= 0.3 is 0 Å². The maximum absolute atomic E-state index is 11.9. The highest BCUT2D eigenvalue weighted by atomic mass is 32.2. The van der Waals surface area contributed by atoms with E-state index >= 15 is 0 Å². The van der Waals surface area contributed by atoms with Crippen molar-refractivity contribution in [3.8, 4) is 0 Å². The first-order valence-electron chi connectivity index (χ1n) is 5.50. The fraction of sp³-hybridized carbons (Fsp3) is 0.333. The van der Waals surface area contributed by atoms with Gasteiger partial charge < -0.3 is 10.2 Å². The minimum absolute atomic E-state index is 0.0811. The highest BCUT2D eigenvalue weighted by Crippen LogP contribution is 2.13. The van der Waals surface area contributed by atoms with Crippen LogP contribution >= 0.6 is 11.8 Å². The molecule has 1 aromatic rings. The number of nitrogens with one attached hydrogen (secondary N) is 1. The van der Waals surface area contributed by atoms with E-state index in [9.17, 15) is 4.79 Å². The Morgan fingerprint density at radius 2 is 2.24 bits per heavy atom. The van der Waals surface area contributed by atoms with Crippen molar-refractivity contribution >= 4 is 28.5 Å².